The lowest BCUT2D eigenvalue weighted by Crippen LogP contribution is -2.27. The van der Waals surface area contributed by atoms with Crippen LogP contribution in [0.4, 0.5) is 5.69 Å². The van der Waals surface area contributed by atoms with Crippen LogP contribution in [0.2, 0.25) is 0 Å². The maximum Gasteiger partial charge on any atom is 0.335 e. The van der Waals surface area contributed by atoms with Crippen molar-refractivity contribution in [3.8, 4) is 0 Å². The minimum absolute atomic E-state index is 0.0219. The third kappa shape index (κ3) is 4.76. The number of nitrogens with zero attached hydrogens (tertiary/aromatic N) is 2. The van der Waals surface area contributed by atoms with Crippen molar-refractivity contribution in [3.05, 3.63) is 37.2 Å². The van der Waals surface area contributed by atoms with Crippen molar-refractivity contribution in [2.24, 2.45) is 0 Å². The Hall–Kier alpha value is -1.70. The molecule has 0 aliphatic heterocycles. The molecule has 0 aromatic carbocycles. The predicted octanol–water partition coefficient (Wildman–Crippen LogP) is 2.25. The topological polar surface area (TPSA) is 91.4 Å². The highest BCUT2D eigenvalue weighted by molar-refractivity contribution is 9.10. The van der Waals surface area contributed by atoms with E-state index in [0.29, 0.717) is 4.47 Å². The normalized spacial score (nSPS) is 11.2. The van der Waals surface area contributed by atoms with Crippen LogP contribution in [-0.4, -0.2) is 21.1 Å². The van der Waals surface area contributed by atoms with Crippen LogP contribution in [0.15, 0.2) is 21.5 Å². The number of pyridine rings is 1. The van der Waals surface area contributed by atoms with Crippen LogP contribution >= 0.6 is 15.9 Å². The maximum atomic E-state index is 11.8. The predicted molar refractivity (Wildman–Crippen MR) is 75.5 cm³/mol. The van der Waals surface area contributed by atoms with E-state index in [-0.39, 0.29) is 13.0 Å². The molecule has 0 radical (unpaired) electrons. The fourth-order valence-corrected chi connectivity index (χ4v) is 1.95. The molecule has 8 heteroatoms. The molecule has 110 valence electrons. The second-order valence-electron chi connectivity index (χ2n) is 5.14. The largest absolute Gasteiger partial charge is 0.460 e. The summed E-state index contributed by atoms with van der Waals surface area (Å²) in [5.41, 5.74) is -1.89. The molecule has 0 amide bonds. The van der Waals surface area contributed by atoms with Gasteiger partial charge in [0, 0.05) is 23.3 Å². The molecule has 0 fully saturated rings. The molecular weight excluding hydrogens is 332 g/mol. The van der Waals surface area contributed by atoms with Gasteiger partial charge in [-0.2, -0.15) is 0 Å². The Morgan fingerprint density at radius 3 is 2.60 bits per heavy atom. The molecule has 0 aliphatic rings. The first-order valence-electron chi connectivity index (χ1n) is 5.86. The lowest BCUT2D eigenvalue weighted by Gasteiger charge is -2.19. The minimum atomic E-state index is -0.753. The summed E-state index contributed by atoms with van der Waals surface area (Å²) in [6, 6.07) is 1.13. The van der Waals surface area contributed by atoms with Crippen LogP contribution in [0, 0.1) is 10.1 Å². The summed E-state index contributed by atoms with van der Waals surface area (Å²) in [6.07, 6.45) is 1.37. The van der Waals surface area contributed by atoms with Gasteiger partial charge in [-0.15, -0.1) is 0 Å². The maximum absolute atomic E-state index is 11.8. The van der Waals surface area contributed by atoms with E-state index < -0.39 is 27.7 Å². The van der Waals surface area contributed by atoms with Crippen LogP contribution in [-0.2, 0) is 16.1 Å². The van der Waals surface area contributed by atoms with Crippen LogP contribution in [0.3, 0.4) is 0 Å². The number of carbonyl (C=O) groups excluding carboxylic acids is 1. The van der Waals surface area contributed by atoms with Crippen LogP contribution in [0.25, 0.3) is 0 Å². The van der Waals surface area contributed by atoms with E-state index >= 15 is 0 Å². The van der Waals surface area contributed by atoms with Gasteiger partial charge in [-0.05, 0) is 36.7 Å². The summed E-state index contributed by atoms with van der Waals surface area (Å²) < 4.78 is 6.62. The smallest absolute Gasteiger partial charge is 0.335 e. The number of hydrogen-bond donors (Lipinski definition) is 0. The highest BCUT2D eigenvalue weighted by atomic mass is 79.9. The molecule has 0 saturated carbocycles. The Morgan fingerprint density at radius 1 is 1.50 bits per heavy atom. The average Bonchev–Trinajstić information content (AvgIpc) is 2.27. The van der Waals surface area contributed by atoms with Crippen molar-refractivity contribution in [1.82, 2.24) is 4.57 Å². The summed E-state index contributed by atoms with van der Waals surface area (Å²) in [5, 5.41) is 10.7. The van der Waals surface area contributed by atoms with E-state index in [4.69, 9.17) is 4.74 Å². The standard InChI is InChI=1S/C12H15BrN2O5/c1-12(2,3)20-10(16)4-5-14-7-8(13)6-9(11(14)17)15(18)19/h6-7H,4-5H2,1-3H3. The minimum Gasteiger partial charge on any atom is -0.460 e. The van der Waals surface area contributed by atoms with E-state index in [1.165, 1.54) is 6.20 Å². The molecule has 0 aliphatic carbocycles. The Morgan fingerprint density at radius 2 is 2.10 bits per heavy atom. The number of ether oxygens (including phenoxy) is 1. The van der Waals surface area contributed by atoms with Gasteiger partial charge in [-0.3, -0.25) is 19.7 Å². The molecule has 0 spiro atoms. The first-order chi connectivity index (χ1) is 9.10. The van der Waals surface area contributed by atoms with E-state index in [1.807, 2.05) is 0 Å². The second kappa shape index (κ2) is 6.17. The zero-order chi connectivity index (χ0) is 15.5. The van der Waals surface area contributed by atoms with Gasteiger partial charge in [0.2, 0.25) is 0 Å². The molecule has 1 aromatic heterocycles. The van der Waals surface area contributed by atoms with Crippen molar-refractivity contribution in [2.45, 2.75) is 39.3 Å². The fourth-order valence-electron chi connectivity index (χ4n) is 1.49. The Balaban J connectivity index is 2.86. The van der Waals surface area contributed by atoms with Gasteiger partial charge in [-0.1, -0.05) is 0 Å². The molecule has 0 saturated heterocycles. The molecule has 0 N–H and O–H groups in total. The first-order valence-corrected chi connectivity index (χ1v) is 6.65. The van der Waals surface area contributed by atoms with Crippen molar-refractivity contribution >= 4 is 27.6 Å². The molecule has 0 bridgehead atoms. The highest BCUT2D eigenvalue weighted by Gasteiger charge is 2.19. The number of halogens is 1. The summed E-state index contributed by atoms with van der Waals surface area (Å²) in [6.45, 7) is 5.23. The number of esters is 1. The van der Waals surface area contributed by atoms with Gasteiger partial charge >= 0.3 is 17.2 Å². The highest BCUT2D eigenvalue weighted by Crippen LogP contribution is 2.14. The monoisotopic (exact) mass is 346 g/mol. The lowest BCUT2D eigenvalue weighted by molar-refractivity contribution is -0.386. The molecule has 0 atom stereocenters. The van der Waals surface area contributed by atoms with Crippen molar-refractivity contribution in [3.63, 3.8) is 0 Å². The van der Waals surface area contributed by atoms with Gasteiger partial charge < -0.3 is 9.30 Å². The number of carbonyl (C=O) groups is 1. The van der Waals surface area contributed by atoms with Crippen molar-refractivity contribution in [1.29, 1.82) is 0 Å². The molecule has 1 heterocycles. The number of nitro groups is 1. The summed E-state index contributed by atoms with van der Waals surface area (Å²) >= 11 is 3.09. The van der Waals surface area contributed by atoms with Crippen LogP contribution in [0.5, 0.6) is 0 Å². The van der Waals surface area contributed by atoms with Gasteiger partial charge in [-0.25, -0.2) is 0 Å². The van der Waals surface area contributed by atoms with Crippen molar-refractivity contribution < 1.29 is 14.5 Å². The summed E-state index contributed by atoms with van der Waals surface area (Å²) in [5.74, 6) is -0.466. The fraction of sp³-hybridized carbons (Fsp3) is 0.500. The molecular formula is C12H15BrN2O5. The second-order valence-corrected chi connectivity index (χ2v) is 6.05. The average molecular weight is 347 g/mol. The molecule has 1 rings (SSSR count). The van der Waals surface area contributed by atoms with Crippen LogP contribution < -0.4 is 5.56 Å². The van der Waals surface area contributed by atoms with Crippen molar-refractivity contribution in [2.75, 3.05) is 0 Å². The van der Waals surface area contributed by atoms with E-state index in [9.17, 15) is 19.7 Å². The van der Waals surface area contributed by atoms with Gasteiger partial charge in [0.1, 0.15) is 5.60 Å². The van der Waals surface area contributed by atoms with Gasteiger partial charge in [0.25, 0.3) is 0 Å². The molecule has 1 aromatic rings. The Labute approximate surface area is 123 Å². The summed E-state index contributed by atoms with van der Waals surface area (Å²) in [4.78, 5) is 33.4. The number of rotatable bonds is 4. The third-order valence-corrected chi connectivity index (χ3v) is 2.64. The quantitative estimate of drug-likeness (QED) is 0.473. The summed E-state index contributed by atoms with van der Waals surface area (Å²) in [7, 11) is 0. The lowest BCUT2D eigenvalue weighted by atomic mass is 10.2. The first kappa shape index (κ1) is 16.4. The zero-order valence-corrected chi connectivity index (χ0v) is 13.0. The molecule has 20 heavy (non-hydrogen) atoms. The number of hydrogen-bond acceptors (Lipinski definition) is 5. The Kier molecular flexibility index (Phi) is 5.04. The van der Waals surface area contributed by atoms with E-state index in [0.717, 1.165) is 10.6 Å². The third-order valence-electron chi connectivity index (χ3n) is 2.21. The Bertz CT molecular complexity index is 588. The van der Waals surface area contributed by atoms with E-state index in [1.54, 1.807) is 20.8 Å². The molecule has 0 unspecified atom stereocenters. The van der Waals surface area contributed by atoms with Gasteiger partial charge in [0.15, 0.2) is 0 Å². The zero-order valence-electron chi connectivity index (χ0n) is 11.4. The number of aromatic nitrogens is 1. The molecule has 7 nitrogen and oxygen atoms in total. The SMILES string of the molecule is CC(C)(C)OC(=O)CCn1cc(Br)cc([N+](=O)[O-])c1=O. The van der Waals surface area contributed by atoms with E-state index in [2.05, 4.69) is 15.9 Å². The number of aryl methyl sites for hydroxylation is 1. The van der Waals surface area contributed by atoms with Crippen LogP contribution in [0.1, 0.15) is 27.2 Å². The van der Waals surface area contributed by atoms with Gasteiger partial charge in [0.05, 0.1) is 11.3 Å².